The van der Waals surface area contributed by atoms with Crippen LogP contribution in [0.5, 0.6) is 0 Å². The molecule has 1 aliphatic heterocycles. The van der Waals surface area contributed by atoms with Crippen LogP contribution in [0, 0.1) is 17.3 Å². The second-order valence-corrected chi connectivity index (χ2v) is 7.23. The van der Waals surface area contributed by atoms with Crippen LogP contribution in [0.1, 0.15) is 40.0 Å². The maximum Gasteiger partial charge on any atom is 0.406 e. The van der Waals surface area contributed by atoms with Gasteiger partial charge in [-0.3, -0.25) is 9.59 Å². The largest absolute Gasteiger partial charge is 0.406 e. The van der Waals surface area contributed by atoms with Crippen molar-refractivity contribution in [1.82, 2.24) is 10.2 Å². The van der Waals surface area contributed by atoms with Crippen LogP contribution in [0.2, 0.25) is 0 Å². The van der Waals surface area contributed by atoms with Crippen LogP contribution in [-0.4, -0.2) is 55.2 Å². The molecule has 8 heteroatoms. The molecule has 2 amide bonds. The Kier molecular flexibility index (Phi) is 5.71. The van der Waals surface area contributed by atoms with E-state index in [1.807, 2.05) is 20.8 Å². The highest BCUT2D eigenvalue weighted by Gasteiger charge is 2.59. The summed E-state index contributed by atoms with van der Waals surface area (Å²) in [6.07, 6.45) is -2.90. The van der Waals surface area contributed by atoms with Crippen LogP contribution >= 0.6 is 0 Å². The lowest BCUT2D eigenvalue weighted by molar-refractivity contribution is -0.173. The minimum absolute atomic E-state index is 0.0414. The van der Waals surface area contributed by atoms with Crippen molar-refractivity contribution >= 4 is 11.8 Å². The molecule has 144 valence electrons. The van der Waals surface area contributed by atoms with Gasteiger partial charge in [0, 0.05) is 37.5 Å². The summed E-state index contributed by atoms with van der Waals surface area (Å²) in [7, 11) is 1.66. The highest BCUT2D eigenvalue weighted by Crippen LogP contribution is 2.52. The normalized spacial score (nSPS) is 31.8. The van der Waals surface area contributed by atoms with E-state index in [1.54, 1.807) is 7.11 Å². The van der Waals surface area contributed by atoms with Gasteiger partial charge >= 0.3 is 6.18 Å². The van der Waals surface area contributed by atoms with Gasteiger partial charge in [0.1, 0.15) is 6.54 Å². The third kappa shape index (κ3) is 3.64. The van der Waals surface area contributed by atoms with Crippen molar-refractivity contribution < 1.29 is 27.5 Å². The third-order valence-corrected chi connectivity index (χ3v) is 6.01. The number of nitrogens with zero attached hydrogens (tertiary/aromatic N) is 1. The van der Waals surface area contributed by atoms with Crippen molar-refractivity contribution in [2.24, 2.45) is 17.3 Å². The van der Waals surface area contributed by atoms with Gasteiger partial charge in [-0.25, -0.2) is 0 Å². The number of carbonyl (C=O) groups excluding carboxylic acids is 2. The lowest BCUT2D eigenvalue weighted by Crippen LogP contribution is -2.70. The van der Waals surface area contributed by atoms with Crippen molar-refractivity contribution in [3.05, 3.63) is 0 Å². The van der Waals surface area contributed by atoms with Crippen LogP contribution in [0.15, 0.2) is 0 Å². The molecule has 25 heavy (non-hydrogen) atoms. The summed E-state index contributed by atoms with van der Waals surface area (Å²) in [5.41, 5.74) is -0.169. The predicted molar refractivity (Wildman–Crippen MR) is 85.6 cm³/mol. The van der Waals surface area contributed by atoms with Gasteiger partial charge in [-0.05, 0) is 12.8 Å². The topological polar surface area (TPSA) is 58.6 Å². The number of methoxy groups -OCH3 is 1. The average molecular weight is 364 g/mol. The standard InChI is InChI=1S/C17H27F3N2O3/c1-5-16(6-2)13(10(3)14(16)25-4)21-15(24)11-7-12(23)22(8-11)9-17(18,19)20/h10-11,13-14H,5-9H2,1-4H3,(H,21,24)/t10-,11-,13-,14-/m1/s1. The summed E-state index contributed by atoms with van der Waals surface area (Å²) in [6, 6.07) is -0.0910. The molecule has 0 radical (unpaired) electrons. The minimum atomic E-state index is -4.45. The van der Waals surface area contributed by atoms with Gasteiger partial charge in [0.25, 0.3) is 0 Å². The lowest BCUT2D eigenvalue weighted by Gasteiger charge is -2.59. The van der Waals surface area contributed by atoms with E-state index in [9.17, 15) is 22.8 Å². The molecular formula is C17H27F3N2O3. The smallest absolute Gasteiger partial charge is 0.380 e. The second kappa shape index (κ2) is 7.13. The summed E-state index contributed by atoms with van der Waals surface area (Å²) in [5.74, 6) is -1.56. The number of rotatable bonds is 6. The summed E-state index contributed by atoms with van der Waals surface area (Å²) in [6.45, 7) is 4.62. The predicted octanol–water partition coefficient (Wildman–Crippen LogP) is 2.35. The fraction of sp³-hybridized carbons (Fsp3) is 0.882. The molecule has 2 fully saturated rings. The number of hydrogen-bond donors (Lipinski definition) is 1. The van der Waals surface area contributed by atoms with E-state index < -0.39 is 24.5 Å². The Balaban J connectivity index is 2.02. The van der Waals surface area contributed by atoms with Gasteiger partial charge in [-0.2, -0.15) is 13.2 Å². The van der Waals surface area contributed by atoms with Gasteiger partial charge in [-0.15, -0.1) is 0 Å². The van der Waals surface area contributed by atoms with Crippen molar-refractivity contribution in [3.63, 3.8) is 0 Å². The summed E-state index contributed by atoms with van der Waals surface area (Å²) >= 11 is 0. The van der Waals surface area contributed by atoms with Crippen LogP contribution in [0.3, 0.4) is 0 Å². The zero-order valence-electron chi connectivity index (χ0n) is 15.2. The van der Waals surface area contributed by atoms with Gasteiger partial charge in [0.05, 0.1) is 12.0 Å². The molecule has 0 unspecified atom stereocenters. The number of likely N-dealkylation sites (tertiary alicyclic amines) is 1. The molecule has 1 heterocycles. The second-order valence-electron chi connectivity index (χ2n) is 7.23. The molecular weight excluding hydrogens is 337 g/mol. The first-order valence-electron chi connectivity index (χ1n) is 8.77. The molecule has 1 saturated heterocycles. The molecule has 0 bridgehead atoms. The van der Waals surface area contributed by atoms with Crippen molar-refractivity contribution in [3.8, 4) is 0 Å². The van der Waals surface area contributed by atoms with Gasteiger partial charge in [0.15, 0.2) is 0 Å². The zero-order chi connectivity index (χ0) is 19.0. The average Bonchev–Trinajstić information content (AvgIpc) is 2.88. The molecule has 1 aliphatic carbocycles. The van der Waals surface area contributed by atoms with Crippen LogP contribution in [0.25, 0.3) is 0 Å². The number of alkyl halides is 3. The maximum atomic E-state index is 12.6. The summed E-state index contributed by atoms with van der Waals surface area (Å²) < 4.78 is 43.1. The first-order valence-corrected chi connectivity index (χ1v) is 8.77. The SMILES string of the molecule is CCC1(CC)[C@H](NC(=O)[C@@H]2CC(=O)N(CC(F)(F)F)C2)[C@@H](C)[C@H]1OC. The Morgan fingerprint density at radius 1 is 1.36 bits per heavy atom. The Morgan fingerprint density at radius 2 is 1.96 bits per heavy atom. The quantitative estimate of drug-likeness (QED) is 0.787. The van der Waals surface area contributed by atoms with E-state index in [-0.39, 0.29) is 42.4 Å². The monoisotopic (exact) mass is 364 g/mol. The Bertz CT molecular complexity index is 520. The highest BCUT2D eigenvalue weighted by molar-refractivity contribution is 5.89. The fourth-order valence-corrected chi connectivity index (χ4v) is 4.69. The number of ether oxygens (including phenoxy) is 1. The van der Waals surface area contributed by atoms with Crippen molar-refractivity contribution in [2.45, 2.75) is 58.4 Å². The van der Waals surface area contributed by atoms with E-state index in [1.165, 1.54) is 0 Å². The molecule has 2 aliphatic rings. The molecule has 0 aromatic heterocycles. The minimum Gasteiger partial charge on any atom is -0.380 e. The van der Waals surface area contributed by atoms with Crippen molar-refractivity contribution in [2.75, 3.05) is 20.2 Å². The van der Waals surface area contributed by atoms with E-state index in [0.29, 0.717) is 0 Å². The number of halogens is 3. The molecule has 0 aromatic rings. The van der Waals surface area contributed by atoms with Gasteiger partial charge < -0.3 is 15.0 Å². The summed E-state index contributed by atoms with van der Waals surface area (Å²) in [4.78, 5) is 25.0. The van der Waals surface area contributed by atoms with Crippen LogP contribution in [0.4, 0.5) is 13.2 Å². The molecule has 0 spiro atoms. The number of hydrogen-bond acceptors (Lipinski definition) is 3. The van der Waals surface area contributed by atoms with Gasteiger partial charge in [-0.1, -0.05) is 20.8 Å². The van der Waals surface area contributed by atoms with Crippen LogP contribution < -0.4 is 5.32 Å². The molecule has 1 N–H and O–H groups in total. The van der Waals surface area contributed by atoms with Crippen LogP contribution in [-0.2, 0) is 14.3 Å². The number of nitrogens with one attached hydrogen (secondary N) is 1. The maximum absolute atomic E-state index is 12.6. The molecule has 5 nitrogen and oxygen atoms in total. The van der Waals surface area contributed by atoms with E-state index >= 15 is 0 Å². The van der Waals surface area contributed by atoms with Gasteiger partial charge in [0.2, 0.25) is 11.8 Å². The lowest BCUT2D eigenvalue weighted by atomic mass is 9.53. The Hall–Kier alpha value is -1.31. The highest BCUT2D eigenvalue weighted by atomic mass is 19.4. The zero-order valence-corrected chi connectivity index (χ0v) is 15.2. The third-order valence-electron chi connectivity index (χ3n) is 6.01. The summed E-state index contributed by atoms with van der Waals surface area (Å²) in [5, 5.41) is 2.99. The number of carbonyl (C=O) groups is 2. The van der Waals surface area contributed by atoms with E-state index in [2.05, 4.69) is 5.32 Å². The van der Waals surface area contributed by atoms with Crippen molar-refractivity contribution in [1.29, 1.82) is 0 Å². The van der Waals surface area contributed by atoms with E-state index in [0.717, 1.165) is 17.7 Å². The number of amides is 2. The molecule has 2 rings (SSSR count). The van der Waals surface area contributed by atoms with E-state index in [4.69, 9.17) is 4.74 Å². The first kappa shape index (κ1) is 20.0. The molecule has 0 aromatic carbocycles. The Morgan fingerprint density at radius 3 is 2.44 bits per heavy atom. The Labute approximate surface area is 146 Å². The molecule has 1 saturated carbocycles. The fourth-order valence-electron chi connectivity index (χ4n) is 4.69. The first-order chi connectivity index (χ1) is 11.6. The molecule has 4 atom stereocenters.